The van der Waals surface area contributed by atoms with Crippen LogP contribution < -0.4 is 15.4 Å². The van der Waals surface area contributed by atoms with Crippen molar-refractivity contribution in [3.63, 3.8) is 0 Å². The van der Waals surface area contributed by atoms with Gasteiger partial charge in [0.25, 0.3) is 5.91 Å². The Hall–Kier alpha value is -4.76. The van der Waals surface area contributed by atoms with Crippen LogP contribution in [0.1, 0.15) is 63.1 Å². The van der Waals surface area contributed by atoms with E-state index < -0.39 is 80.9 Å². The van der Waals surface area contributed by atoms with Gasteiger partial charge >= 0.3 is 0 Å². The molecule has 3 aliphatic carbocycles. The maximum Gasteiger partial charge on any atom is 0.259 e. The highest BCUT2D eigenvalue weighted by molar-refractivity contribution is 7.91. The van der Waals surface area contributed by atoms with Crippen molar-refractivity contribution in [2.45, 2.75) is 88.3 Å². The highest BCUT2D eigenvalue weighted by atomic mass is 32.2. The fourth-order valence-corrected chi connectivity index (χ4v) is 8.97. The van der Waals surface area contributed by atoms with Crippen LogP contribution in [0.5, 0.6) is 0 Å². The molecule has 0 unspecified atom stereocenters. The summed E-state index contributed by atoms with van der Waals surface area (Å²) < 4.78 is 69.9. The van der Waals surface area contributed by atoms with E-state index in [1.165, 1.54) is 11.0 Å². The lowest BCUT2D eigenvalue weighted by molar-refractivity contribution is -0.143. The summed E-state index contributed by atoms with van der Waals surface area (Å²) in [4.78, 5) is 49.5. The van der Waals surface area contributed by atoms with Crippen LogP contribution in [0.4, 0.5) is 13.2 Å². The largest absolute Gasteiger partial charge is 0.390 e. The summed E-state index contributed by atoms with van der Waals surface area (Å²) in [6.07, 6.45) is -3.46. The number of oxime groups is 1. The molecule has 1 aliphatic heterocycles. The number of carbonyl (C=O) groups is 3. The van der Waals surface area contributed by atoms with Crippen LogP contribution in [0.2, 0.25) is 0 Å². The van der Waals surface area contributed by atoms with E-state index >= 15 is 0 Å². The molecular weight excluding hydrogens is 736 g/mol. The lowest BCUT2D eigenvalue weighted by atomic mass is 9.85. The molecule has 55 heavy (non-hydrogen) atoms. The molecule has 15 heteroatoms. The number of rotatable bonds is 13. The smallest absolute Gasteiger partial charge is 0.259 e. The average Bonchev–Trinajstić information content (AvgIpc) is 4.06. The fourth-order valence-electron chi connectivity index (χ4n) is 7.61. The Morgan fingerprint density at radius 3 is 2.11 bits per heavy atom. The Balaban J connectivity index is 1.16. The highest BCUT2D eigenvalue weighted by Crippen LogP contribution is 2.48. The summed E-state index contributed by atoms with van der Waals surface area (Å²) in [6, 6.07) is 19.5. The van der Waals surface area contributed by atoms with E-state index in [2.05, 4.69) is 15.8 Å². The lowest BCUT2D eigenvalue weighted by Crippen LogP contribution is -2.60. The zero-order valence-electron chi connectivity index (χ0n) is 30.7. The third-order valence-electron chi connectivity index (χ3n) is 10.9. The van der Waals surface area contributed by atoms with Crippen molar-refractivity contribution in [3.05, 3.63) is 95.3 Å². The van der Waals surface area contributed by atoms with E-state index in [1.807, 2.05) is 74.0 Å². The Morgan fingerprint density at radius 1 is 0.945 bits per heavy atom. The van der Waals surface area contributed by atoms with E-state index in [0.29, 0.717) is 24.1 Å². The number of fused-ring (bicyclic) bond motifs is 3. The molecule has 3 amide bonds. The molecule has 0 bridgehead atoms. The zero-order chi connectivity index (χ0) is 39.3. The number of benzene rings is 3. The van der Waals surface area contributed by atoms with Crippen LogP contribution in [0.25, 0.3) is 11.1 Å². The summed E-state index contributed by atoms with van der Waals surface area (Å²) in [7, 11) is -4.11. The first-order valence-electron chi connectivity index (χ1n) is 18.5. The van der Waals surface area contributed by atoms with Gasteiger partial charge in [0, 0.05) is 24.1 Å². The van der Waals surface area contributed by atoms with Gasteiger partial charge in [-0.2, -0.15) is 0 Å². The number of amides is 3. The number of alkyl halides is 2. The first-order valence-corrected chi connectivity index (χ1v) is 20.0. The number of nitrogens with one attached hydrogen (secondary N) is 3. The molecule has 4 aliphatic rings. The average molecular weight is 780 g/mol. The van der Waals surface area contributed by atoms with E-state index in [9.17, 15) is 36.0 Å². The maximum atomic E-state index is 14.5. The number of hydrogen-bond acceptors (Lipinski definition) is 8. The Bertz CT molecular complexity index is 2090. The molecule has 5 atom stereocenters. The third kappa shape index (κ3) is 7.73. The molecule has 3 N–H and O–H groups in total. The van der Waals surface area contributed by atoms with Crippen molar-refractivity contribution in [2.24, 2.45) is 16.5 Å². The monoisotopic (exact) mass is 779 g/mol. The van der Waals surface area contributed by atoms with E-state index in [4.69, 9.17) is 4.84 Å². The number of nitrogens with zero attached hydrogens (tertiary/aromatic N) is 2. The molecule has 7 rings (SSSR count). The zero-order valence-corrected chi connectivity index (χ0v) is 31.5. The maximum absolute atomic E-state index is 14.5. The van der Waals surface area contributed by atoms with Crippen molar-refractivity contribution in [1.29, 1.82) is 0 Å². The minimum Gasteiger partial charge on any atom is -0.390 e. The van der Waals surface area contributed by atoms with Gasteiger partial charge in [0.15, 0.2) is 0 Å². The van der Waals surface area contributed by atoms with Crippen LogP contribution in [-0.2, 0) is 35.7 Å². The quantitative estimate of drug-likeness (QED) is 0.169. The Morgan fingerprint density at radius 2 is 1.55 bits per heavy atom. The van der Waals surface area contributed by atoms with Gasteiger partial charge in [0.2, 0.25) is 28.3 Å². The van der Waals surface area contributed by atoms with Crippen molar-refractivity contribution in [1.82, 2.24) is 20.3 Å². The fraction of sp³-hybridized carbons (Fsp3) is 0.450. The van der Waals surface area contributed by atoms with Crippen LogP contribution in [0.3, 0.4) is 0 Å². The van der Waals surface area contributed by atoms with Gasteiger partial charge in [-0.3, -0.25) is 19.1 Å². The van der Waals surface area contributed by atoms with Crippen LogP contribution >= 0.6 is 0 Å². The summed E-state index contributed by atoms with van der Waals surface area (Å²) in [5.74, 6) is -4.62. The van der Waals surface area contributed by atoms with Gasteiger partial charge < -0.3 is 20.4 Å². The predicted molar refractivity (Wildman–Crippen MR) is 199 cm³/mol. The molecule has 11 nitrogen and oxygen atoms in total. The van der Waals surface area contributed by atoms with E-state index in [1.54, 1.807) is 18.2 Å². The topological polar surface area (TPSA) is 146 Å². The van der Waals surface area contributed by atoms with Gasteiger partial charge in [0.05, 0.1) is 23.8 Å². The van der Waals surface area contributed by atoms with E-state index in [-0.39, 0.29) is 31.7 Å². The van der Waals surface area contributed by atoms with Crippen molar-refractivity contribution < 1.29 is 40.8 Å². The molecule has 2 saturated carbocycles. The second kappa shape index (κ2) is 14.7. The van der Waals surface area contributed by atoms with Gasteiger partial charge in [-0.15, -0.1) is 0 Å². The van der Waals surface area contributed by atoms with Crippen LogP contribution in [0, 0.1) is 17.2 Å². The second-order valence-electron chi connectivity index (χ2n) is 15.9. The first kappa shape index (κ1) is 38.5. The van der Waals surface area contributed by atoms with Gasteiger partial charge in [-0.1, -0.05) is 92.7 Å². The van der Waals surface area contributed by atoms with Crippen molar-refractivity contribution in [2.75, 3.05) is 13.1 Å². The Kier molecular flexibility index (Phi) is 10.3. The number of hydrogen-bond donors (Lipinski definition) is 3. The molecule has 0 aromatic heterocycles. The Labute approximate surface area is 318 Å². The van der Waals surface area contributed by atoms with Crippen molar-refractivity contribution >= 4 is 33.5 Å². The minimum absolute atomic E-state index is 0.0961. The number of likely N-dealkylation sites (tertiary alicyclic amines) is 1. The standard InChI is InChI=1S/C40H44F3N5O6S/c1-39(2,3)34(44-19-18-23-10-4-9-15-31(23)41)37(50)48-22-24(54-46-33-28-13-7-5-11-26(28)27-12-6-8-14-29(27)33)20-32(48)36(49)45-40(21-30(40)35(42)43)38(51)47-55(52,53)25-16-17-25/h4-15,24-25,30,32,34-35,44H,16-22H2,1-3H3,(H,45,49)(H,47,51)/t24-,30+,32+,34-,40+/m1/s1. The van der Waals surface area contributed by atoms with Crippen LogP contribution in [-0.4, -0.2) is 85.2 Å². The molecule has 3 fully saturated rings. The molecule has 3 aromatic carbocycles. The highest BCUT2D eigenvalue weighted by Gasteiger charge is 2.66. The molecule has 3 aromatic rings. The summed E-state index contributed by atoms with van der Waals surface area (Å²) in [6.45, 7) is 5.63. The molecule has 0 radical (unpaired) electrons. The van der Waals surface area contributed by atoms with Crippen LogP contribution in [0.15, 0.2) is 78.0 Å². The van der Waals surface area contributed by atoms with E-state index in [0.717, 1.165) is 22.3 Å². The minimum atomic E-state index is -4.11. The molecule has 1 heterocycles. The van der Waals surface area contributed by atoms with Crippen molar-refractivity contribution in [3.8, 4) is 11.1 Å². The molecule has 0 spiro atoms. The lowest BCUT2D eigenvalue weighted by Gasteiger charge is -2.36. The van der Waals surface area contributed by atoms with Gasteiger partial charge in [0.1, 0.15) is 29.2 Å². The number of halogens is 3. The SMILES string of the molecule is CC(C)(C)[C@H](NCCc1ccccc1F)C(=O)N1C[C@H](ON=C2c3ccccc3-c3ccccc32)C[C@H]1C(=O)N[C@@]1(C(=O)NS(=O)(=O)C2CC2)C[C@H]1C(F)F. The number of sulfonamides is 1. The summed E-state index contributed by atoms with van der Waals surface area (Å²) in [5.41, 5.74) is 1.78. The predicted octanol–water partition coefficient (Wildman–Crippen LogP) is 4.54. The summed E-state index contributed by atoms with van der Waals surface area (Å²) >= 11 is 0. The normalized spacial score (nSPS) is 23.5. The molecule has 292 valence electrons. The molecular formula is C40H44F3N5O6S. The van der Waals surface area contributed by atoms with Gasteiger partial charge in [-0.05, 0) is 53.9 Å². The third-order valence-corrected chi connectivity index (χ3v) is 12.7. The summed E-state index contributed by atoms with van der Waals surface area (Å²) in [5, 5.41) is 9.44. The second-order valence-corrected chi connectivity index (χ2v) is 17.8. The number of carbonyl (C=O) groups excluding carboxylic acids is 3. The van der Waals surface area contributed by atoms with Gasteiger partial charge in [-0.25, -0.2) is 21.6 Å². The molecule has 1 saturated heterocycles. The first-order chi connectivity index (χ1) is 26.1.